The Morgan fingerprint density at radius 2 is 2.09 bits per heavy atom. The Bertz CT molecular complexity index is 1060. The van der Waals surface area contributed by atoms with Crippen molar-refractivity contribution in [3.05, 3.63) is 24.2 Å². The van der Waals surface area contributed by atoms with Crippen LogP contribution in [-0.2, 0) is 24.6 Å². The monoisotopic (exact) mass is 472 g/mol. The predicted molar refractivity (Wildman–Crippen MR) is 104 cm³/mol. The fraction of sp³-hybridized carbons (Fsp3) is 0.438. The quantitative estimate of drug-likeness (QED) is 0.184. The van der Waals surface area contributed by atoms with Crippen molar-refractivity contribution in [3.63, 3.8) is 0 Å². The molecular weight excluding hydrogens is 452 g/mol. The number of urea groups is 2. The lowest BCUT2D eigenvalue weighted by Crippen LogP contribution is -2.77. The van der Waals surface area contributed by atoms with Gasteiger partial charge in [-0.25, -0.2) is 23.8 Å². The molecule has 0 aromatic carbocycles. The standard InChI is InChI=1S/C16H20N6O9S/c1-10(12(23)19-16(30-2)9-22(13(16)24)32(27,28)29)18-14(25)20-5-6-21(15(20)26)17-8-11-4-3-7-31-11/h3-4,7-8,10H,5-6,9H2,1-2H3,(H,18,25)(H,19,23)(H,27,28,29)/t10?,16-/m0/s1. The molecule has 6 amide bonds. The van der Waals surface area contributed by atoms with Crippen LogP contribution in [0.5, 0.6) is 0 Å². The number of hydrogen-bond acceptors (Lipinski definition) is 9. The van der Waals surface area contributed by atoms with E-state index in [0.717, 1.165) is 17.0 Å². The van der Waals surface area contributed by atoms with Crippen molar-refractivity contribution in [1.82, 2.24) is 24.8 Å². The summed E-state index contributed by atoms with van der Waals surface area (Å²) < 4.78 is 41.2. The van der Waals surface area contributed by atoms with Crippen molar-refractivity contribution in [2.24, 2.45) is 5.10 Å². The summed E-state index contributed by atoms with van der Waals surface area (Å²) in [4.78, 5) is 50.1. The summed E-state index contributed by atoms with van der Waals surface area (Å²) in [6.45, 7) is 0.767. The summed E-state index contributed by atoms with van der Waals surface area (Å²) in [6, 6.07) is 0.452. The summed E-state index contributed by atoms with van der Waals surface area (Å²) >= 11 is 0. The maximum absolute atomic E-state index is 12.4. The van der Waals surface area contributed by atoms with E-state index < -0.39 is 52.5 Å². The molecule has 3 rings (SSSR count). The van der Waals surface area contributed by atoms with E-state index in [1.165, 1.54) is 19.4 Å². The number of furan rings is 1. The van der Waals surface area contributed by atoms with E-state index in [-0.39, 0.29) is 17.4 Å². The van der Waals surface area contributed by atoms with Crippen molar-refractivity contribution in [2.45, 2.75) is 18.7 Å². The number of β-lactam (4-membered cyclic amide) rings is 1. The van der Waals surface area contributed by atoms with E-state index in [1.54, 1.807) is 12.1 Å². The van der Waals surface area contributed by atoms with Crippen LogP contribution in [0.4, 0.5) is 9.59 Å². The minimum absolute atomic E-state index is 0.0122. The van der Waals surface area contributed by atoms with Gasteiger partial charge in [-0.05, 0) is 19.1 Å². The van der Waals surface area contributed by atoms with E-state index in [1.807, 2.05) is 0 Å². The van der Waals surface area contributed by atoms with Gasteiger partial charge in [-0.15, -0.1) is 0 Å². The topological polar surface area (TPSA) is 191 Å². The van der Waals surface area contributed by atoms with Gasteiger partial charge in [0.1, 0.15) is 11.8 Å². The molecule has 32 heavy (non-hydrogen) atoms. The molecule has 15 nitrogen and oxygen atoms in total. The van der Waals surface area contributed by atoms with Crippen molar-refractivity contribution in [1.29, 1.82) is 0 Å². The second-order valence-corrected chi connectivity index (χ2v) is 8.13. The number of hydrazone groups is 1. The molecule has 1 unspecified atom stereocenters. The van der Waals surface area contributed by atoms with Gasteiger partial charge in [0.15, 0.2) is 0 Å². The zero-order valence-corrected chi connectivity index (χ0v) is 17.7. The normalized spacial score (nSPS) is 22.3. The first kappa shape index (κ1) is 23.2. The first-order valence-corrected chi connectivity index (χ1v) is 10.5. The van der Waals surface area contributed by atoms with Gasteiger partial charge in [0.25, 0.3) is 5.91 Å². The molecule has 1 aromatic heterocycles. The minimum Gasteiger partial charge on any atom is -0.463 e. The molecule has 0 aliphatic carbocycles. The fourth-order valence-corrected chi connectivity index (χ4v) is 3.58. The molecule has 174 valence electrons. The van der Waals surface area contributed by atoms with Gasteiger partial charge in [-0.3, -0.25) is 14.1 Å². The maximum atomic E-state index is 12.4. The van der Waals surface area contributed by atoms with Gasteiger partial charge >= 0.3 is 22.4 Å². The second kappa shape index (κ2) is 8.56. The fourth-order valence-electron chi connectivity index (χ4n) is 2.88. The number of carbonyl (C=O) groups is 4. The lowest BCUT2D eigenvalue weighted by Gasteiger charge is -2.45. The number of methoxy groups -OCH3 is 1. The SMILES string of the molecule is CO[C@@]1(NC(=O)C(C)NC(=O)N2CCN(N=Cc3ccco3)C2=O)CN(S(=O)(=O)O)C1=O. The molecule has 0 radical (unpaired) electrons. The predicted octanol–water partition coefficient (Wildman–Crippen LogP) is -1.45. The number of nitrogens with one attached hydrogen (secondary N) is 2. The summed E-state index contributed by atoms with van der Waals surface area (Å²) in [5.41, 5.74) is -2.01. The van der Waals surface area contributed by atoms with Crippen molar-refractivity contribution < 1.29 is 41.3 Å². The summed E-state index contributed by atoms with van der Waals surface area (Å²) in [6.07, 6.45) is 2.75. The minimum atomic E-state index is -4.80. The molecule has 2 aliphatic heterocycles. The summed E-state index contributed by atoms with van der Waals surface area (Å²) in [7, 11) is -3.74. The van der Waals surface area contributed by atoms with Crippen molar-refractivity contribution in [2.75, 3.05) is 26.7 Å². The Hall–Kier alpha value is -3.50. The highest BCUT2D eigenvalue weighted by Gasteiger charge is 2.59. The Labute approximate surface area is 181 Å². The number of ether oxygens (including phenoxy) is 1. The number of amides is 6. The van der Waals surface area contributed by atoms with Gasteiger partial charge in [0.05, 0.1) is 32.1 Å². The lowest BCUT2D eigenvalue weighted by atomic mass is 10.1. The lowest BCUT2D eigenvalue weighted by molar-refractivity contribution is -0.180. The zero-order chi connectivity index (χ0) is 23.7. The summed E-state index contributed by atoms with van der Waals surface area (Å²) in [5, 5.41) is 9.48. The highest BCUT2D eigenvalue weighted by atomic mass is 32.2. The van der Waals surface area contributed by atoms with Crippen LogP contribution >= 0.6 is 0 Å². The van der Waals surface area contributed by atoms with Crippen LogP contribution in [0.25, 0.3) is 0 Å². The molecule has 2 saturated heterocycles. The molecule has 3 heterocycles. The van der Waals surface area contributed by atoms with Gasteiger partial charge in [0, 0.05) is 7.11 Å². The van der Waals surface area contributed by atoms with E-state index >= 15 is 0 Å². The third-order valence-corrected chi connectivity index (χ3v) is 5.58. The largest absolute Gasteiger partial charge is 0.463 e. The van der Waals surface area contributed by atoms with Crippen LogP contribution in [0.15, 0.2) is 27.9 Å². The van der Waals surface area contributed by atoms with Gasteiger partial charge in [0.2, 0.25) is 11.6 Å². The van der Waals surface area contributed by atoms with E-state index in [9.17, 15) is 27.6 Å². The second-order valence-electron chi connectivity index (χ2n) is 6.80. The average molecular weight is 472 g/mol. The molecule has 2 aliphatic rings. The molecule has 1 aromatic rings. The molecule has 16 heteroatoms. The molecule has 0 spiro atoms. The van der Waals surface area contributed by atoms with Crippen LogP contribution < -0.4 is 10.6 Å². The first-order valence-electron chi connectivity index (χ1n) is 9.12. The zero-order valence-electron chi connectivity index (χ0n) is 16.9. The first-order chi connectivity index (χ1) is 15.0. The van der Waals surface area contributed by atoms with Crippen LogP contribution in [0.3, 0.4) is 0 Å². The third-order valence-electron chi connectivity index (χ3n) is 4.72. The summed E-state index contributed by atoms with van der Waals surface area (Å²) in [5.74, 6) is -1.67. The van der Waals surface area contributed by atoms with E-state index in [4.69, 9.17) is 13.7 Å². The third kappa shape index (κ3) is 4.41. The van der Waals surface area contributed by atoms with Gasteiger partial charge in [-0.1, -0.05) is 0 Å². The molecule has 2 fully saturated rings. The number of nitrogens with zero attached hydrogens (tertiary/aromatic N) is 4. The van der Waals surface area contributed by atoms with Crippen LogP contribution in [0.1, 0.15) is 12.7 Å². The van der Waals surface area contributed by atoms with Crippen LogP contribution in [0.2, 0.25) is 0 Å². The Balaban J connectivity index is 1.55. The van der Waals surface area contributed by atoms with Crippen molar-refractivity contribution in [3.8, 4) is 0 Å². The highest BCUT2D eigenvalue weighted by Crippen LogP contribution is 2.26. The van der Waals surface area contributed by atoms with E-state index in [2.05, 4.69) is 15.7 Å². The van der Waals surface area contributed by atoms with Gasteiger partial charge < -0.3 is 19.8 Å². The maximum Gasteiger partial charge on any atom is 0.362 e. The van der Waals surface area contributed by atoms with E-state index in [0.29, 0.717) is 5.76 Å². The Kier molecular flexibility index (Phi) is 6.20. The Morgan fingerprint density at radius 3 is 2.66 bits per heavy atom. The van der Waals surface area contributed by atoms with Crippen LogP contribution in [-0.4, -0.2) is 95.8 Å². The Morgan fingerprint density at radius 1 is 1.38 bits per heavy atom. The molecule has 0 saturated carbocycles. The van der Waals surface area contributed by atoms with Crippen LogP contribution in [0, 0.1) is 0 Å². The smallest absolute Gasteiger partial charge is 0.362 e. The number of imide groups is 1. The molecular formula is C16H20N6O9S. The average Bonchev–Trinajstić information content (AvgIpc) is 3.37. The molecule has 3 N–H and O–H groups in total. The highest BCUT2D eigenvalue weighted by molar-refractivity contribution is 7.84. The number of carbonyl (C=O) groups excluding carboxylic acids is 4. The van der Waals surface area contributed by atoms with Crippen molar-refractivity contribution >= 4 is 40.4 Å². The van der Waals surface area contributed by atoms with Gasteiger partial charge in [-0.2, -0.15) is 13.5 Å². The number of rotatable bonds is 7. The number of hydrogen-bond donors (Lipinski definition) is 3. The molecule has 2 atom stereocenters. The molecule has 0 bridgehead atoms.